The molecular formula is C20H34O2. The van der Waals surface area contributed by atoms with Crippen LogP contribution in [0.5, 0.6) is 11.5 Å². The first-order valence-corrected chi connectivity index (χ1v) is 9.25. The van der Waals surface area contributed by atoms with Crippen molar-refractivity contribution in [2.45, 2.75) is 90.4 Å². The molecule has 1 rings (SSSR count). The lowest BCUT2D eigenvalue weighted by Gasteiger charge is -2.04. The summed E-state index contributed by atoms with van der Waals surface area (Å²) in [6.45, 7) is 2.27. The predicted molar refractivity (Wildman–Crippen MR) is 94.6 cm³/mol. The molecule has 22 heavy (non-hydrogen) atoms. The van der Waals surface area contributed by atoms with Gasteiger partial charge in [-0.1, -0.05) is 83.6 Å². The van der Waals surface area contributed by atoms with Crippen LogP contribution in [0.3, 0.4) is 0 Å². The summed E-state index contributed by atoms with van der Waals surface area (Å²) >= 11 is 0. The molecule has 0 aliphatic carbocycles. The van der Waals surface area contributed by atoms with Crippen LogP contribution in [-0.4, -0.2) is 10.2 Å². The van der Waals surface area contributed by atoms with Gasteiger partial charge < -0.3 is 10.2 Å². The standard InChI is InChI=1S/C20H34O2/c1-2-3-4-5-6-7-8-9-10-11-12-13-14-18-15-16-19(21)20(22)17-18/h15-17,21-22H,2-14H2,1H3. The fourth-order valence-electron chi connectivity index (χ4n) is 2.89. The lowest BCUT2D eigenvalue weighted by molar-refractivity contribution is 0.403. The van der Waals surface area contributed by atoms with Gasteiger partial charge in [0.25, 0.3) is 0 Å². The first-order chi connectivity index (χ1) is 10.7. The third-order valence-corrected chi connectivity index (χ3v) is 4.36. The summed E-state index contributed by atoms with van der Waals surface area (Å²) in [7, 11) is 0. The second kappa shape index (κ2) is 12.4. The summed E-state index contributed by atoms with van der Waals surface area (Å²) in [6.07, 6.45) is 17.3. The fraction of sp³-hybridized carbons (Fsp3) is 0.700. The topological polar surface area (TPSA) is 40.5 Å². The Morgan fingerprint density at radius 2 is 1.14 bits per heavy atom. The molecule has 2 N–H and O–H groups in total. The number of unbranched alkanes of at least 4 members (excludes halogenated alkanes) is 11. The molecule has 0 unspecified atom stereocenters. The largest absolute Gasteiger partial charge is 0.504 e. The Kier molecular flexibility index (Phi) is 10.6. The van der Waals surface area contributed by atoms with Gasteiger partial charge in [-0.3, -0.25) is 0 Å². The fourth-order valence-corrected chi connectivity index (χ4v) is 2.89. The van der Waals surface area contributed by atoms with Gasteiger partial charge in [-0.25, -0.2) is 0 Å². The lowest BCUT2D eigenvalue weighted by Crippen LogP contribution is -1.87. The summed E-state index contributed by atoms with van der Waals surface area (Å²) in [4.78, 5) is 0. The van der Waals surface area contributed by atoms with E-state index in [1.165, 1.54) is 77.0 Å². The van der Waals surface area contributed by atoms with E-state index < -0.39 is 0 Å². The summed E-state index contributed by atoms with van der Waals surface area (Å²) in [5.74, 6) is -0.0325. The molecule has 0 saturated carbocycles. The molecule has 0 radical (unpaired) electrons. The molecule has 0 bridgehead atoms. The Bertz CT molecular complexity index is 387. The zero-order valence-corrected chi connectivity index (χ0v) is 14.3. The van der Waals surface area contributed by atoms with E-state index in [9.17, 15) is 10.2 Å². The van der Waals surface area contributed by atoms with E-state index in [2.05, 4.69) is 6.92 Å². The number of aryl methyl sites for hydroxylation is 1. The van der Waals surface area contributed by atoms with Gasteiger partial charge in [-0.05, 0) is 30.5 Å². The number of phenolic OH excluding ortho intramolecular Hbond substituents is 2. The first kappa shape index (κ1) is 18.9. The van der Waals surface area contributed by atoms with Gasteiger partial charge in [0.2, 0.25) is 0 Å². The minimum Gasteiger partial charge on any atom is -0.504 e. The smallest absolute Gasteiger partial charge is 0.157 e. The normalized spacial score (nSPS) is 11.0. The van der Waals surface area contributed by atoms with Gasteiger partial charge in [0.05, 0.1) is 0 Å². The zero-order valence-electron chi connectivity index (χ0n) is 14.3. The number of hydrogen-bond acceptors (Lipinski definition) is 2. The van der Waals surface area contributed by atoms with E-state index in [1.54, 1.807) is 12.1 Å². The summed E-state index contributed by atoms with van der Waals surface area (Å²) in [6, 6.07) is 5.15. The van der Waals surface area contributed by atoms with Crippen molar-refractivity contribution < 1.29 is 10.2 Å². The van der Waals surface area contributed by atoms with Gasteiger partial charge in [-0.2, -0.15) is 0 Å². The molecule has 1 aromatic carbocycles. The summed E-state index contributed by atoms with van der Waals surface area (Å²) in [5, 5.41) is 18.7. The Labute approximate surface area is 136 Å². The van der Waals surface area contributed by atoms with E-state index >= 15 is 0 Å². The molecule has 2 heteroatoms. The van der Waals surface area contributed by atoms with Crippen molar-refractivity contribution in [1.29, 1.82) is 0 Å². The Morgan fingerprint density at radius 1 is 0.636 bits per heavy atom. The molecular weight excluding hydrogens is 272 g/mol. The minimum absolute atomic E-state index is 0.00330. The van der Waals surface area contributed by atoms with Crippen molar-refractivity contribution in [3.8, 4) is 11.5 Å². The van der Waals surface area contributed by atoms with E-state index in [4.69, 9.17) is 0 Å². The highest BCUT2D eigenvalue weighted by Gasteiger charge is 2.00. The third kappa shape index (κ3) is 8.96. The molecule has 1 aromatic rings. The highest BCUT2D eigenvalue weighted by atomic mass is 16.3. The number of aromatic hydroxyl groups is 2. The summed E-state index contributed by atoms with van der Waals surface area (Å²) in [5.41, 5.74) is 1.11. The second-order valence-electron chi connectivity index (χ2n) is 6.46. The van der Waals surface area contributed by atoms with E-state index in [-0.39, 0.29) is 11.5 Å². The molecule has 126 valence electrons. The van der Waals surface area contributed by atoms with Crippen molar-refractivity contribution in [3.63, 3.8) is 0 Å². The number of hydrogen-bond donors (Lipinski definition) is 2. The molecule has 0 heterocycles. The maximum absolute atomic E-state index is 9.44. The molecule has 0 fully saturated rings. The van der Waals surface area contributed by atoms with Crippen LogP contribution in [0.25, 0.3) is 0 Å². The van der Waals surface area contributed by atoms with Crippen LogP contribution >= 0.6 is 0 Å². The van der Waals surface area contributed by atoms with E-state index in [0.29, 0.717) is 0 Å². The Balaban J connectivity index is 1.88. The Hall–Kier alpha value is -1.18. The van der Waals surface area contributed by atoms with Crippen LogP contribution in [0, 0.1) is 0 Å². The van der Waals surface area contributed by atoms with Gasteiger partial charge >= 0.3 is 0 Å². The monoisotopic (exact) mass is 306 g/mol. The first-order valence-electron chi connectivity index (χ1n) is 9.25. The van der Waals surface area contributed by atoms with Crippen molar-refractivity contribution in [3.05, 3.63) is 23.8 Å². The molecule has 0 saturated heterocycles. The van der Waals surface area contributed by atoms with Crippen molar-refractivity contribution in [2.24, 2.45) is 0 Å². The predicted octanol–water partition coefficient (Wildman–Crippen LogP) is 6.34. The quantitative estimate of drug-likeness (QED) is 0.329. The van der Waals surface area contributed by atoms with Crippen molar-refractivity contribution in [2.75, 3.05) is 0 Å². The second-order valence-corrected chi connectivity index (χ2v) is 6.46. The molecule has 0 aromatic heterocycles. The molecule has 0 spiro atoms. The van der Waals surface area contributed by atoms with Crippen LogP contribution in [0.4, 0.5) is 0 Å². The number of benzene rings is 1. The summed E-state index contributed by atoms with van der Waals surface area (Å²) < 4.78 is 0. The average molecular weight is 306 g/mol. The van der Waals surface area contributed by atoms with Crippen molar-refractivity contribution >= 4 is 0 Å². The lowest BCUT2D eigenvalue weighted by atomic mass is 10.0. The van der Waals surface area contributed by atoms with Gasteiger partial charge in [-0.15, -0.1) is 0 Å². The van der Waals surface area contributed by atoms with Crippen LogP contribution in [0.15, 0.2) is 18.2 Å². The highest BCUT2D eigenvalue weighted by molar-refractivity contribution is 5.40. The van der Waals surface area contributed by atoms with Crippen molar-refractivity contribution in [1.82, 2.24) is 0 Å². The zero-order chi connectivity index (χ0) is 16.0. The van der Waals surface area contributed by atoms with Gasteiger partial charge in [0.15, 0.2) is 11.5 Å². The molecule has 2 nitrogen and oxygen atoms in total. The molecule has 0 atom stereocenters. The molecule has 0 aliphatic rings. The number of phenols is 2. The molecule has 0 amide bonds. The van der Waals surface area contributed by atoms with Crippen LogP contribution < -0.4 is 0 Å². The van der Waals surface area contributed by atoms with Crippen LogP contribution in [0.1, 0.15) is 89.5 Å². The van der Waals surface area contributed by atoms with E-state index in [0.717, 1.165) is 12.0 Å². The maximum Gasteiger partial charge on any atom is 0.157 e. The minimum atomic E-state index is -0.0292. The van der Waals surface area contributed by atoms with Gasteiger partial charge in [0.1, 0.15) is 0 Å². The van der Waals surface area contributed by atoms with Gasteiger partial charge in [0, 0.05) is 0 Å². The van der Waals surface area contributed by atoms with E-state index in [1.807, 2.05) is 6.07 Å². The SMILES string of the molecule is CCCCCCCCCCCCCCc1ccc(O)c(O)c1. The maximum atomic E-state index is 9.44. The Morgan fingerprint density at radius 3 is 1.64 bits per heavy atom. The average Bonchev–Trinajstić information content (AvgIpc) is 2.52. The highest BCUT2D eigenvalue weighted by Crippen LogP contribution is 2.25. The van der Waals surface area contributed by atoms with Crippen LogP contribution in [-0.2, 0) is 6.42 Å². The number of rotatable bonds is 13. The third-order valence-electron chi connectivity index (χ3n) is 4.36. The van der Waals surface area contributed by atoms with Crippen LogP contribution in [0.2, 0.25) is 0 Å². The molecule has 0 aliphatic heterocycles.